The lowest BCUT2D eigenvalue weighted by atomic mass is 9.44. The molecule has 114 valence electrons. The van der Waals surface area contributed by atoms with Gasteiger partial charge in [0.1, 0.15) is 5.67 Å². The number of hydrogen-bond acceptors (Lipinski definition) is 0. The van der Waals surface area contributed by atoms with Crippen LogP contribution in [0.15, 0.2) is 0 Å². The molecule has 2 atom stereocenters. The number of fused-ring (bicyclic) bond motifs is 3. The molecule has 0 heterocycles. The number of halogens is 1. The van der Waals surface area contributed by atoms with E-state index >= 15 is 4.39 Å². The molecule has 1 heteroatoms. The fraction of sp³-hybridized carbons (Fsp3) is 1.00. The minimum atomic E-state index is -0.783. The molecule has 0 aromatic rings. The Morgan fingerprint density at radius 3 is 2.15 bits per heavy atom. The Balaban J connectivity index is 1.41. The largest absolute Gasteiger partial charge is 0.244 e. The summed E-state index contributed by atoms with van der Waals surface area (Å²) in [6, 6.07) is 0. The zero-order valence-electron chi connectivity index (χ0n) is 13.6. The summed E-state index contributed by atoms with van der Waals surface area (Å²) in [5, 5.41) is 0. The average Bonchev–Trinajstić information content (AvgIpc) is 2.89. The Hall–Kier alpha value is -0.0700. The Bertz CT molecular complexity index is 392. The van der Waals surface area contributed by atoms with Gasteiger partial charge in [0.05, 0.1) is 0 Å². The molecule has 6 fully saturated rings. The second-order valence-electron chi connectivity index (χ2n) is 9.45. The van der Waals surface area contributed by atoms with Crippen LogP contribution >= 0.6 is 0 Å². The Morgan fingerprint density at radius 1 is 1.00 bits per heavy atom. The SMILES string of the molecule is CC(C)C12CCC(CC(C)C34CCC(C3)C4)C(F)(C1)C2. The smallest absolute Gasteiger partial charge is 0.115 e. The quantitative estimate of drug-likeness (QED) is 0.613. The fourth-order valence-electron chi connectivity index (χ4n) is 6.65. The van der Waals surface area contributed by atoms with E-state index in [-0.39, 0.29) is 0 Å². The Labute approximate surface area is 123 Å². The van der Waals surface area contributed by atoms with E-state index in [1.54, 1.807) is 0 Å². The normalized spacial score (nSPS) is 54.5. The standard InChI is InChI=1S/C19H31F/c1-13(2)18-7-5-16(19(20,11-18)12-18)8-14(3)17-6-4-15(9-17)10-17/h13-16H,4-12H2,1-3H3. The van der Waals surface area contributed by atoms with Crippen LogP contribution in [0.1, 0.15) is 78.6 Å². The van der Waals surface area contributed by atoms with Crippen molar-refractivity contribution in [2.75, 3.05) is 0 Å². The summed E-state index contributed by atoms with van der Waals surface area (Å²) in [5.74, 6) is 2.86. The van der Waals surface area contributed by atoms with E-state index in [4.69, 9.17) is 0 Å². The van der Waals surface area contributed by atoms with Gasteiger partial charge in [-0.15, -0.1) is 0 Å². The van der Waals surface area contributed by atoms with Gasteiger partial charge < -0.3 is 0 Å². The van der Waals surface area contributed by atoms with Gasteiger partial charge in [-0.05, 0) is 92.3 Å². The highest BCUT2D eigenvalue weighted by atomic mass is 19.1. The van der Waals surface area contributed by atoms with Crippen LogP contribution in [0.25, 0.3) is 0 Å². The van der Waals surface area contributed by atoms with Crippen LogP contribution in [-0.4, -0.2) is 5.67 Å². The molecule has 0 amide bonds. The monoisotopic (exact) mass is 278 g/mol. The summed E-state index contributed by atoms with van der Waals surface area (Å²) >= 11 is 0. The molecule has 0 aliphatic heterocycles. The summed E-state index contributed by atoms with van der Waals surface area (Å²) in [4.78, 5) is 0. The molecule has 0 aromatic carbocycles. The Kier molecular flexibility index (Phi) is 2.73. The molecule has 6 saturated carbocycles. The fourth-order valence-corrected chi connectivity index (χ4v) is 6.65. The lowest BCUT2D eigenvalue weighted by molar-refractivity contribution is -0.180. The van der Waals surface area contributed by atoms with Crippen molar-refractivity contribution < 1.29 is 4.39 Å². The van der Waals surface area contributed by atoms with Gasteiger partial charge in [-0.3, -0.25) is 0 Å². The zero-order valence-corrected chi connectivity index (χ0v) is 13.6. The summed E-state index contributed by atoms with van der Waals surface area (Å²) in [6.45, 7) is 7.04. The number of hydrogen-bond donors (Lipinski definition) is 0. The predicted octanol–water partition coefficient (Wildman–Crippen LogP) is 5.76. The minimum Gasteiger partial charge on any atom is -0.244 e. The predicted molar refractivity (Wildman–Crippen MR) is 81.2 cm³/mol. The lowest BCUT2D eigenvalue weighted by Gasteiger charge is -2.63. The van der Waals surface area contributed by atoms with Crippen LogP contribution in [0.4, 0.5) is 4.39 Å². The third kappa shape index (κ3) is 1.64. The first-order valence-electron chi connectivity index (χ1n) is 9.06. The van der Waals surface area contributed by atoms with Crippen LogP contribution in [0.2, 0.25) is 0 Å². The zero-order chi connectivity index (χ0) is 14.2. The van der Waals surface area contributed by atoms with E-state index in [0.29, 0.717) is 22.7 Å². The van der Waals surface area contributed by atoms with Crippen molar-refractivity contribution in [2.24, 2.45) is 34.5 Å². The van der Waals surface area contributed by atoms with E-state index < -0.39 is 5.67 Å². The molecule has 6 rings (SSSR count). The third-order valence-electron chi connectivity index (χ3n) is 8.36. The highest BCUT2D eigenvalue weighted by Gasteiger charge is 2.64. The molecule has 0 nitrogen and oxygen atoms in total. The molecule has 0 radical (unpaired) electrons. The first-order valence-corrected chi connectivity index (χ1v) is 9.06. The van der Waals surface area contributed by atoms with E-state index in [2.05, 4.69) is 20.8 Å². The second kappa shape index (κ2) is 4.02. The van der Waals surface area contributed by atoms with Crippen molar-refractivity contribution in [2.45, 2.75) is 84.2 Å². The molecular formula is C19H31F. The van der Waals surface area contributed by atoms with Gasteiger partial charge in [0.25, 0.3) is 0 Å². The molecule has 6 aliphatic carbocycles. The molecule has 6 aliphatic rings. The van der Waals surface area contributed by atoms with Crippen LogP contribution in [0.5, 0.6) is 0 Å². The van der Waals surface area contributed by atoms with Gasteiger partial charge in [-0.1, -0.05) is 20.8 Å². The van der Waals surface area contributed by atoms with Gasteiger partial charge in [0.15, 0.2) is 0 Å². The van der Waals surface area contributed by atoms with E-state index in [0.717, 1.165) is 24.7 Å². The van der Waals surface area contributed by atoms with Crippen molar-refractivity contribution in [3.63, 3.8) is 0 Å². The molecule has 0 spiro atoms. The van der Waals surface area contributed by atoms with Crippen molar-refractivity contribution in [1.29, 1.82) is 0 Å². The van der Waals surface area contributed by atoms with Gasteiger partial charge in [0, 0.05) is 0 Å². The molecule has 2 unspecified atom stereocenters. The molecule has 0 aromatic heterocycles. The van der Waals surface area contributed by atoms with Gasteiger partial charge >= 0.3 is 0 Å². The molecular weight excluding hydrogens is 247 g/mol. The van der Waals surface area contributed by atoms with Crippen LogP contribution in [0, 0.1) is 34.5 Å². The van der Waals surface area contributed by atoms with Gasteiger partial charge in [0.2, 0.25) is 0 Å². The highest BCUT2D eigenvalue weighted by molar-refractivity contribution is 5.14. The molecule has 20 heavy (non-hydrogen) atoms. The molecule has 0 saturated heterocycles. The van der Waals surface area contributed by atoms with Crippen LogP contribution in [0.3, 0.4) is 0 Å². The van der Waals surface area contributed by atoms with E-state index in [1.165, 1.54) is 44.9 Å². The number of alkyl halides is 1. The topological polar surface area (TPSA) is 0 Å². The summed E-state index contributed by atoms with van der Waals surface area (Å²) in [7, 11) is 0. The summed E-state index contributed by atoms with van der Waals surface area (Å²) in [6.07, 6.45) is 11.2. The third-order valence-corrected chi connectivity index (χ3v) is 8.36. The van der Waals surface area contributed by atoms with Crippen molar-refractivity contribution in [3.8, 4) is 0 Å². The van der Waals surface area contributed by atoms with E-state index in [1.807, 2.05) is 0 Å². The van der Waals surface area contributed by atoms with Crippen molar-refractivity contribution in [3.05, 3.63) is 0 Å². The minimum absolute atomic E-state index is 0.377. The second-order valence-corrected chi connectivity index (χ2v) is 9.45. The first-order chi connectivity index (χ1) is 9.38. The first kappa shape index (κ1) is 13.6. The van der Waals surface area contributed by atoms with Crippen molar-refractivity contribution >= 4 is 0 Å². The lowest BCUT2D eigenvalue weighted by Crippen LogP contribution is -2.60. The maximum atomic E-state index is 15.2. The molecule has 0 N–H and O–H groups in total. The van der Waals surface area contributed by atoms with Crippen LogP contribution in [-0.2, 0) is 0 Å². The van der Waals surface area contributed by atoms with Crippen LogP contribution < -0.4 is 0 Å². The van der Waals surface area contributed by atoms with Crippen molar-refractivity contribution in [1.82, 2.24) is 0 Å². The number of rotatable bonds is 4. The van der Waals surface area contributed by atoms with Gasteiger partial charge in [-0.25, -0.2) is 4.39 Å². The summed E-state index contributed by atoms with van der Waals surface area (Å²) in [5.41, 5.74) is 0.244. The maximum absolute atomic E-state index is 15.2. The highest BCUT2D eigenvalue weighted by Crippen LogP contribution is 2.69. The average molecular weight is 278 g/mol. The van der Waals surface area contributed by atoms with E-state index in [9.17, 15) is 0 Å². The molecule has 4 bridgehead atoms. The van der Waals surface area contributed by atoms with Gasteiger partial charge in [-0.2, -0.15) is 0 Å². The summed E-state index contributed by atoms with van der Waals surface area (Å²) < 4.78 is 15.2. The Morgan fingerprint density at radius 2 is 1.65 bits per heavy atom. The maximum Gasteiger partial charge on any atom is 0.115 e.